The van der Waals surface area contributed by atoms with E-state index in [0.717, 1.165) is 29.6 Å². The van der Waals surface area contributed by atoms with Gasteiger partial charge in [-0.25, -0.2) is 4.79 Å². The van der Waals surface area contributed by atoms with Gasteiger partial charge in [0.05, 0.1) is 12.2 Å². The Balaban J connectivity index is 1.84. The highest BCUT2D eigenvalue weighted by Crippen LogP contribution is 2.62. The molecule has 0 aromatic heterocycles. The molecule has 0 aromatic rings. The summed E-state index contributed by atoms with van der Waals surface area (Å²) in [5, 5.41) is 34.8. The maximum Gasteiger partial charge on any atom is 0.346 e. The smallest absolute Gasteiger partial charge is 0.346 e. The number of ether oxygens (including phenoxy) is 2. The zero-order chi connectivity index (χ0) is 37.8. The lowest BCUT2D eigenvalue weighted by Gasteiger charge is -2.56. The van der Waals surface area contributed by atoms with E-state index >= 15 is 4.79 Å². The van der Waals surface area contributed by atoms with Gasteiger partial charge in [-0.1, -0.05) is 89.8 Å². The fourth-order valence-electron chi connectivity index (χ4n) is 11.7. The highest BCUT2D eigenvalue weighted by molar-refractivity contribution is 6.22. The molecule has 0 amide bonds. The van der Waals surface area contributed by atoms with Crippen molar-refractivity contribution >= 4 is 17.5 Å². The Bertz CT molecular complexity index is 1520. The van der Waals surface area contributed by atoms with Gasteiger partial charge in [0.1, 0.15) is 11.4 Å². The lowest BCUT2D eigenvalue weighted by molar-refractivity contribution is -0.163. The van der Waals surface area contributed by atoms with Crippen molar-refractivity contribution in [1.82, 2.24) is 0 Å². The number of hydrogen-bond acceptors (Lipinski definition) is 8. The van der Waals surface area contributed by atoms with Crippen molar-refractivity contribution in [2.75, 3.05) is 13.7 Å². The Morgan fingerprint density at radius 3 is 2.31 bits per heavy atom. The van der Waals surface area contributed by atoms with E-state index < -0.39 is 58.0 Å². The number of carbonyl (C=O) groups is 3. The molecule has 51 heavy (non-hydrogen) atoms. The molecule has 0 aromatic carbocycles. The molecular formula is C43H64O8. The van der Waals surface area contributed by atoms with E-state index in [9.17, 15) is 24.9 Å². The van der Waals surface area contributed by atoms with Crippen LogP contribution >= 0.6 is 0 Å². The van der Waals surface area contributed by atoms with Gasteiger partial charge in [0.25, 0.3) is 0 Å². The number of hydrogen-bond donors (Lipinski definition) is 3. The molecule has 0 saturated heterocycles. The second-order valence-electron chi connectivity index (χ2n) is 17.4. The zero-order valence-corrected chi connectivity index (χ0v) is 32.8. The minimum Gasteiger partial charge on any atom is -0.507 e. The van der Waals surface area contributed by atoms with Crippen molar-refractivity contribution in [3.8, 4) is 0 Å². The molecule has 5 rings (SSSR count). The van der Waals surface area contributed by atoms with Crippen LogP contribution in [0.2, 0.25) is 0 Å². The Morgan fingerprint density at radius 2 is 1.71 bits per heavy atom. The fraction of sp³-hybridized carbons (Fsp3) is 0.744. The molecule has 8 nitrogen and oxygen atoms in total. The quantitative estimate of drug-likeness (QED) is 0.154. The third-order valence-corrected chi connectivity index (χ3v) is 14.4. The number of carbonyl (C=O) groups excluding carboxylic acids is 3. The molecule has 1 aliphatic heterocycles. The van der Waals surface area contributed by atoms with E-state index in [2.05, 4.69) is 39.8 Å². The Morgan fingerprint density at radius 1 is 1.02 bits per heavy atom. The minimum atomic E-state index is -1.42. The Hall–Kier alpha value is -2.55. The molecule has 0 radical (unpaired) electrons. The van der Waals surface area contributed by atoms with Gasteiger partial charge >= 0.3 is 5.97 Å². The molecule has 1 fully saturated rings. The number of aliphatic hydroxyl groups excluding tert-OH is 3. The summed E-state index contributed by atoms with van der Waals surface area (Å²) in [6, 6.07) is 0. The lowest BCUT2D eigenvalue weighted by Crippen LogP contribution is -2.59. The summed E-state index contributed by atoms with van der Waals surface area (Å²) in [4.78, 5) is 43.7. The van der Waals surface area contributed by atoms with Crippen molar-refractivity contribution in [3.63, 3.8) is 0 Å². The van der Waals surface area contributed by atoms with Crippen LogP contribution in [-0.2, 0) is 23.9 Å². The number of allylic oxidation sites excluding steroid dienone is 3. The standard InChI is InChI=1S/C43H64O8/c1-11-30-18-29(22-44)16-25(5)37(50-10)23(3)14-13-15-41(9)20-26(6)27(7)21-43(41)39(48)34(40(49)51-43)38(47)42(12-2)35(30)24(4)17-31-33(46)19-32(45)28(8)36(31)42/h17-18,20,23,25,27-29,31,33,35-37,44,46,48H,11-16,19,21-22H2,1-10H3/b30-18+. The van der Waals surface area contributed by atoms with Gasteiger partial charge in [0, 0.05) is 61.1 Å². The highest BCUT2D eigenvalue weighted by Gasteiger charge is 2.67. The van der Waals surface area contributed by atoms with Gasteiger partial charge in [-0.2, -0.15) is 0 Å². The third kappa shape index (κ3) is 6.23. The monoisotopic (exact) mass is 708 g/mol. The van der Waals surface area contributed by atoms with Crippen LogP contribution in [0.1, 0.15) is 114 Å². The number of aliphatic hydroxyl groups is 3. The molecule has 1 saturated carbocycles. The summed E-state index contributed by atoms with van der Waals surface area (Å²) in [5.74, 6) is -3.79. The van der Waals surface area contributed by atoms with E-state index in [-0.39, 0.29) is 66.3 Å². The summed E-state index contributed by atoms with van der Waals surface area (Å²) >= 11 is 0. The van der Waals surface area contributed by atoms with Gasteiger partial charge in [0.2, 0.25) is 0 Å². The van der Waals surface area contributed by atoms with Crippen LogP contribution in [0, 0.1) is 58.2 Å². The number of esters is 1. The summed E-state index contributed by atoms with van der Waals surface area (Å²) in [6.45, 7) is 18.3. The van der Waals surface area contributed by atoms with Gasteiger partial charge in [-0.05, 0) is 69.6 Å². The van der Waals surface area contributed by atoms with Crippen LogP contribution in [-0.4, -0.2) is 64.4 Å². The van der Waals surface area contributed by atoms with Crippen LogP contribution in [0.15, 0.2) is 46.3 Å². The SMILES string of the molecule is CC/C1=C\C(CO)CC(C)C(OC)C(C)CCCC2(C)C=C(C)C(C)CC23OC(=O)C(=C3O)C(=O)C2(CC)C1C(C)=CC1C(O)CC(=O)C(C)C12. The number of rotatable bonds is 4. The summed E-state index contributed by atoms with van der Waals surface area (Å²) < 4.78 is 12.5. The second-order valence-corrected chi connectivity index (χ2v) is 17.4. The first-order valence-electron chi connectivity index (χ1n) is 19.6. The van der Waals surface area contributed by atoms with E-state index in [1.165, 1.54) is 0 Å². The van der Waals surface area contributed by atoms with Crippen molar-refractivity contribution in [2.24, 2.45) is 58.2 Å². The van der Waals surface area contributed by atoms with Crippen LogP contribution in [0.25, 0.3) is 0 Å². The molecule has 3 N–H and O–H groups in total. The van der Waals surface area contributed by atoms with Crippen molar-refractivity contribution < 1.29 is 39.2 Å². The van der Waals surface area contributed by atoms with Gasteiger partial charge in [-0.15, -0.1) is 0 Å². The average molecular weight is 709 g/mol. The predicted molar refractivity (Wildman–Crippen MR) is 197 cm³/mol. The average Bonchev–Trinajstić information content (AvgIpc) is 3.33. The maximum absolute atomic E-state index is 15.8. The zero-order valence-electron chi connectivity index (χ0n) is 32.8. The summed E-state index contributed by atoms with van der Waals surface area (Å²) in [7, 11) is 1.75. The normalized spacial score (nSPS) is 45.0. The van der Waals surface area contributed by atoms with Gasteiger partial charge in [0.15, 0.2) is 17.1 Å². The fourth-order valence-corrected chi connectivity index (χ4v) is 11.7. The summed E-state index contributed by atoms with van der Waals surface area (Å²) in [6.07, 6.45) is 9.45. The van der Waals surface area contributed by atoms with Gasteiger partial charge < -0.3 is 24.8 Å². The summed E-state index contributed by atoms with van der Waals surface area (Å²) in [5.41, 5.74) is -0.847. The third-order valence-electron chi connectivity index (χ3n) is 14.4. The van der Waals surface area contributed by atoms with Crippen LogP contribution < -0.4 is 0 Å². The first-order valence-corrected chi connectivity index (χ1v) is 19.6. The Labute approximate surface area is 305 Å². The number of methoxy groups -OCH3 is 1. The Kier molecular flexibility index (Phi) is 11.4. The topological polar surface area (TPSA) is 130 Å². The van der Waals surface area contributed by atoms with Crippen LogP contribution in [0.5, 0.6) is 0 Å². The van der Waals surface area contributed by atoms with E-state index in [1.54, 1.807) is 7.11 Å². The molecule has 1 spiro atoms. The molecule has 5 aliphatic rings. The van der Waals surface area contributed by atoms with Crippen molar-refractivity contribution in [3.05, 3.63) is 46.3 Å². The molecule has 1 heterocycles. The first kappa shape index (κ1) is 39.7. The molecule has 13 unspecified atom stereocenters. The highest BCUT2D eigenvalue weighted by atomic mass is 16.6. The maximum atomic E-state index is 15.8. The molecule has 284 valence electrons. The van der Waals surface area contributed by atoms with E-state index in [1.807, 2.05) is 40.7 Å². The van der Waals surface area contributed by atoms with Gasteiger partial charge in [-0.3, -0.25) is 9.59 Å². The number of fused-ring (bicyclic) bond motifs is 3. The molecule has 8 heteroatoms. The van der Waals surface area contributed by atoms with Crippen molar-refractivity contribution in [2.45, 2.75) is 131 Å². The number of Topliss-reactive ketones (excluding diaryl/α,β-unsaturated/α-hetero) is 2. The van der Waals surface area contributed by atoms with E-state index in [0.29, 0.717) is 25.7 Å². The van der Waals surface area contributed by atoms with Crippen LogP contribution in [0.3, 0.4) is 0 Å². The molecule has 2 bridgehead atoms. The lowest BCUT2D eigenvalue weighted by atomic mass is 9.46. The molecule has 4 aliphatic carbocycles. The van der Waals surface area contributed by atoms with Crippen LogP contribution in [0.4, 0.5) is 0 Å². The first-order chi connectivity index (χ1) is 24.0. The predicted octanol–water partition coefficient (Wildman–Crippen LogP) is 7.64. The number of ketones is 2. The van der Waals surface area contributed by atoms with E-state index in [4.69, 9.17) is 9.47 Å². The molecule has 13 atom stereocenters. The van der Waals surface area contributed by atoms with Crippen molar-refractivity contribution in [1.29, 1.82) is 0 Å². The minimum absolute atomic E-state index is 0.00234. The molecular weight excluding hydrogens is 644 g/mol. The largest absolute Gasteiger partial charge is 0.507 e. The second kappa shape index (κ2) is 14.7.